The highest BCUT2D eigenvalue weighted by Gasteiger charge is 2.06. The van der Waals surface area contributed by atoms with Crippen molar-refractivity contribution < 1.29 is 4.74 Å². The van der Waals surface area contributed by atoms with Crippen molar-refractivity contribution >= 4 is 22.5 Å². The van der Waals surface area contributed by atoms with E-state index in [-0.39, 0.29) is 0 Å². The van der Waals surface area contributed by atoms with Crippen LogP contribution in [0.4, 0.5) is 0 Å². The Morgan fingerprint density at radius 1 is 1.33 bits per heavy atom. The predicted molar refractivity (Wildman–Crippen MR) is 63.7 cm³/mol. The highest BCUT2D eigenvalue weighted by Crippen LogP contribution is 2.32. The van der Waals surface area contributed by atoms with E-state index in [0.717, 1.165) is 36.1 Å². The Kier molecular flexibility index (Phi) is 3.17. The van der Waals surface area contributed by atoms with E-state index in [1.165, 1.54) is 0 Å². The Balaban J connectivity index is 2.23. The molecule has 1 aromatic carbocycles. The fourth-order valence-corrected chi connectivity index (χ4v) is 1.80. The number of halogens is 1. The summed E-state index contributed by atoms with van der Waals surface area (Å²) in [6.07, 6.45) is 4.07. The van der Waals surface area contributed by atoms with Crippen LogP contribution >= 0.6 is 11.6 Å². The number of hydrogen-bond donors (Lipinski definition) is 1. The second kappa shape index (κ2) is 4.58. The van der Waals surface area contributed by atoms with Crippen LogP contribution in [-0.4, -0.2) is 11.6 Å². The lowest BCUT2D eigenvalue weighted by atomic mass is 10.2. The molecule has 0 fully saturated rings. The van der Waals surface area contributed by atoms with Crippen molar-refractivity contribution in [3.63, 3.8) is 0 Å². The highest BCUT2D eigenvalue weighted by molar-refractivity contribution is 6.36. The highest BCUT2D eigenvalue weighted by atomic mass is 35.5. The Morgan fingerprint density at radius 3 is 3.00 bits per heavy atom. The van der Waals surface area contributed by atoms with E-state index < -0.39 is 0 Å². The summed E-state index contributed by atoms with van der Waals surface area (Å²) >= 11 is 6.22. The first kappa shape index (κ1) is 10.4. The zero-order valence-corrected chi connectivity index (χ0v) is 9.47. The third-order valence-electron chi connectivity index (χ3n) is 2.39. The molecule has 1 aromatic heterocycles. The summed E-state index contributed by atoms with van der Waals surface area (Å²) in [7, 11) is 0. The minimum Gasteiger partial charge on any atom is -0.492 e. The second-order valence-corrected chi connectivity index (χ2v) is 3.90. The smallest absolute Gasteiger partial charge is 0.138 e. The van der Waals surface area contributed by atoms with Crippen LogP contribution in [0.5, 0.6) is 5.75 Å². The van der Waals surface area contributed by atoms with Gasteiger partial charge in [0.15, 0.2) is 0 Å². The molecule has 0 aliphatic rings. The quantitative estimate of drug-likeness (QED) is 0.779. The number of aromatic amines is 1. The lowest BCUT2D eigenvalue weighted by molar-refractivity contribution is 0.310. The number of ether oxygens (including phenoxy) is 1. The van der Waals surface area contributed by atoms with Crippen molar-refractivity contribution in [2.24, 2.45) is 0 Å². The lowest BCUT2D eigenvalue weighted by Gasteiger charge is -2.07. The summed E-state index contributed by atoms with van der Waals surface area (Å²) in [5, 5.41) is 1.72. The van der Waals surface area contributed by atoms with Gasteiger partial charge in [-0.05, 0) is 24.6 Å². The SMILES string of the molecule is CCCCOc1ccc2[nH]ccc2c1Cl. The van der Waals surface area contributed by atoms with Gasteiger partial charge in [-0.3, -0.25) is 0 Å². The van der Waals surface area contributed by atoms with Gasteiger partial charge >= 0.3 is 0 Å². The third-order valence-corrected chi connectivity index (χ3v) is 2.78. The molecule has 80 valence electrons. The molecular weight excluding hydrogens is 210 g/mol. The minimum atomic E-state index is 0.699. The first-order chi connectivity index (χ1) is 7.33. The molecule has 2 rings (SSSR count). The van der Waals surface area contributed by atoms with Crippen molar-refractivity contribution in [2.45, 2.75) is 19.8 Å². The first-order valence-electron chi connectivity index (χ1n) is 5.21. The fraction of sp³-hybridized carbons (Fsp3) is 0.333. The molecule has 0 aliphatic heterocycles. The molecule has 2 nitrogen and oxygen atoms in total. The van der Waals surface area contributed by atoms with Gasteiger partial charge in [0.05, 0.1) is 11.6 Å². The Hall–Kier alpha value is -1.15. The molecule has 0 saturated heterocycles. The Morgan fingerprint density at radius 2 is 2.20 bits per heavy atom. The number of benzene rings is 1. The first-order valence-corrected chi connectivity index (χ1v) is 5.59. The maximum absolute atomic E-state index is 6.22. The predicted octanol–water partition coefficient (Wildman–Crippen LogP) is 4.00. The van der Waals surface area contributed by atoms with E-state index in [9.17, 15) is 0 Å². The maximum atomic E-state index is 6.22. The van der Waals surface area contributed by atoms with Crippen LogP contribution < -0.4 is 4.74 Å². The number of hydrogen-bond acceptors (Lipinski definition) is 1. The van der Waals surface area contributed by atoms with Gasteiger partial charge in [-0.25, -0.2) is 0 Å². The minimum absolute atomic E-state index is 0.699. The van der Waals surface area contributed by atoms with Gasteiger partial charge in [-0.2, -0.15) is 0 Å². The van der Waals surface area contributed by atoms with Gasteiger partial charge in [-0.15, -0.1) is 0 Å². The third kappa shape index (κ3) is 2.10. The molecule has 0 aliphatic carbocycles. The zero-order valence-electron chi connectivity index (χ0n) is 8.72. The van der Waals surface area contributed by atoms with E-state index in [1.54, 1.807) is 0 Å². The van der Waals surface area contributed by atoms with Crippen LogP contribution in [-0.2, 0) is 0 Å². The Bertz CT molecular complexity index is 450. The fourth-order valence-electron chi connectivity index (χ4n) is 1.51. The molecule has 15 heavy (non-hydrogen) atoms. The molecule has 0 atom stereocenters. The maximum Gasteiger partial charge on any atom is 0.138 e. The lowest BCUT2D eigenvalue weighted by Crippen LogP contribution is -1.96. The molecule has 1 heterocycles. The molecule has 0 amide bonds. The number of fused-ring (bicyclic) bond motifs is 1. The van der Waals surface area contributed by atoms with Crippen LogP contribution in [0.3, 0.4) is 0 Å². The molecule has 2 aromatic rings. The summed E-state index contributed by atoms with van der Waals surface area (Å²) in [4.78, 5) is 3.11. The normalized spacial score (nSPS) is 10.8. The van der Waals surface area contributed by atoms with Gasteiger partial charge in [0.1, 0.15) is 5.75 Å². The van der Waals surface area contributed by atoms with E-state index in [1.807, 2.05) is 24.4 Å². The van der Waals surface area contributed by atoms with E-state index >= 15 is 0 Å². The van der Waals surface area contributed by atoms with E-state index in [4.69, 9.17) is 16.3 Å². The van der Waals surface area contributed by atoms with Gasteiger partial charge in [0.25, 0.3) is 0 Å². The molecule has 0 bridgehead atoms. The summed E-state index contributed by atoms with van der Waals surface area (Å²) in [6.45, 7) is 2.87. The van der Waals surface area contributed by atoms with Crippen molar-refractivity contribution in [3.8, 4) is 5.75 Å². The van der Waals surface area contributed by atoms with Gasteiger partial charge in [0, 0.05) is 17.1 Å². The second-order valence-electron chi connectivity index (χ2n) is 3.52. The van der Waals surface area contributed by atoms with Crippen LogP contribution in [0, 0.1) is 0 Å². The van der Waals surface area contributed by atoms with Crippen molar-refractivity contribution in [1.29, 1.82) is 0 Å². The van der Waals surface area contributed by atoms with Gasteiger partial charge in [-0.1, -0.05) is 24.9 Å². The summed E-state index contributed by atoms with van der Waals surface area (Å²) < 4.78 is 5.61. The molecule has 0 spiro atoms. The van der Waals surface area contributed by atoms with Crippen molar-refractivity contribution in [2.75, 3.05) is 6.61 Å². The average molecular weight is 224 g/mol. The summed E-state index contributed by atoms with van der Waals surface area (Å²) in [6, 6.07) is 5.86. The van der Waals surface area contributed by atoms with Crippen LogP contribution in [0.2, 0.25) is 5.02 Å². The van der Waals surface area contributed by atoms with Crippen LogP contribution in [0.1, 0.15) is 19.8 Å². The number of rotatable bonds is 4. The largest absolute Gasteiger partial charge is 0.492 e. The van der Waals surface area contributed by atoms with Crippen molar-refractivity contribution in [3.05, 3.63) is 29.4 Å². The molecular formula is C12H14ClNO. The zero-order chi connectivity index (χ0) is 10.7. The Labute approximate surface area is 94.2 Å². The van der Waals surface area contributed by atoms with Crippen molar-refractivity contribution in [1.82, 2.24) is 4.98 Å². The molecule has 3 heteroatoms. The standard InChI is InChI=1S/C12H14ClNO/c1-2-3-8-15-11-5-4-10-9(12(11)13)6-7-14-10/h4-7,14H,2-3,8H2,1H3. The summed E-state index contributed by atoms with van der Waals surface area (Å²) in [5.74, 6) is 0.775. The molecule has 0 saturated carbocycles. The number of nitrogens with one attached hydrogen (secondary N) is 1. The monoisotopic (exact) mass is 223 g/mol. The molecule has 0 radical (unpaired) electrons. The van der Waals surface area contributed by atoms with E-state index in [2.05, 4.69) is 11.9 Å². The topological polar surface area (TPSA) is 25.0 Å². The van der Waals surface area contributed by atoms with Crippen LogP contribution in [0.25, 0.3) is 10.9 Å². The number of H-pyrrole nitrogens is 1. The molecule has 0 unspecified atom stereocenters. The number of aromatic nitrogens is 1. The van der Waals surface area contributed by atoms with Gasteiger partial charge in [0.2, 0.25) is 0 Å². The van der Waals surface area contributed by atoms with Gasteiger partial charge < -0.3 is 9.72 Å². The summed E-state index contributed by atoms with van der Waals surface area (Å²) in [5.41, 5.74) is 1.04. The van der Waals surface area contributed by atoms with E-state index in [0.29, 0.717) is 5.02 Å². The van der Waals surface area contributed by atoms with Crippen LogP contribution in [0.15, 0.2) is 24.4 Å². The number of unbranched alkanes of at least 4 members (excludes halogenated alkanes) is 1. The average Bonchev–Trinajstić information content (AvgIpc) is 2.70. The molecule has 1 N–H and O–H groups in total.